The summed E-state index contributed by atoms with van der Waals surface area (Å²) in [5, 5.41) is 5.90. The number of hydrogen-bond acceptors (Lipinski definition) is 4. The third-order valence-corrected chi connectivity index (χ3v) is 5.39. The summed E-state index contributed by atoms with van der Waals surface area (Å²) in [5.74, 6) is -1.61. The molecule has 1 heterocycles. The topological polar surface area (TPSA) is 59.6 Å². The first-order valence-electron chi connectivity index (χ1n) is 9.43. The Morgan fingerprint density at radius 3 is 2.73 bits per heavy atom. The maximum Gasteiger partial charge on any atom is 0.248 e. The van der Waals surface area contributed by atoms with E-state index in [9.17, 15) is 13.6 Å². The van der Waals surface area contributed by atoms with Crippen molar-refractivity contribution in [3.8, 4) is 5.75 Å². The second-order valence-corrected chi connectivity index (χ2v) is 7.49. The Morgan fingerprint density at radius 1 is 1.27 bits per heavy atom. The van der Waals surface area contributed by atoms with Gasteiger partial charge in [0.15, 0.2) is 11.6 Å². The summed E-state index contributed by atoms with van der Waals surface area (Å²) in [5.41, 5.74) is 2.08. The Bertz CT molecular complexity index is 981. The lowest BCUT2D eigenvalue weighted by atomic mass is 9.93. The van der Waals surface area contributed by atoms with Crippen LogP contribution in [0, 0.1) is 17.6 Å². The van der Waals surface area contributed by atoms with Crippen molar-refractivity contribution in [2.24, 2.45) is 5.92 Å². The zero-order valence-corrected chi connectivity index (χ0v) is 17.6. The predicted octanol–water partition coefficient (Wildman–Crippen LogP) is 5.11. The molecule has 2 unspecified atom stereocenters. The largest absolute Gasteiger partial charge is 0.494 e. The highest BCUT2D eigenvalue weighted by atomic mass is 35.5. The summed E-state index contributed by atoms with van der Waals surface area (Å²) in [6.45, 7) is 2.27. The van der Waals surface area contributed by atoms with Gasteiger partial charge in [-0.2, -0.15) is 0 Å². The molecule has 0 bridgehead atoms. The number of hydrogen-bond donors (Lipinski definition) is 2. The number of halogens is 3. The van der Waals surface area contributed by atoms with Crippen LogP contribution in [0.25, 0.3) is 0 Å². The van der Waals surface area contributed by atoms with Crippen LogP contribution >= 0.6 is 11.6 Å². The van der Waals surface area contributed by atoms with Gasteiger partial charge in [-0.05, 0) is 36.3 Å². The zero-order chi connectivity index (χ0) is 21.8. The van der Waals surface area contributed by atoms with Gasteiger partial charge in [-0.3, -0.25) is 4.79 Å². The van der Waals surface area contributed by atoms with Crippen molar-refractivity contribution in [3.63, 3.8) is 0 Å². The van der Waals surface area contributed by atoms with Gasteiger partial charge in [0.2, 0.25) is 5.91 Å². The molecule has 30 heavy (non-hydrogen) atoms. The molecule has 1 aliphatic rings. The minimum atomic E-state index is -0.665. The average molecular weight is 437 g/mol. The van der Waals surface area contributed by atoms with Crippen molar-refractivity contribution >= 4 is 28.9 Å². The number of benzene rings is 2. The standard InChI is InChI=1S/C22H23ClF2N2O3/c1-12(11-29-2)22(15-7-8-18(30-3)21(25)20(15)23)27-17-10-13(24)9-16-14(17)5-4-6-19(28)26-16/h4,6-10,12,22,27H,5,11H2,1-3H3,(H,26,28). The number of carbonyl (C=O) groups excluding carboxylic acids is 1. The van der Waals surface area contributed by atoms with Crippen LogP contribution in [-0.2, 0) is 16.0 Å². The molecular weight excluding hydrogens is 414 g/mol. The summed E-state index contributed by atoms with van der Waals surface area (Å²) in [4.78, 5) is 11.8. The molecule has 2 aromatic carbocycles. The highest BCUT2D eigenvalue weighted by Gasteiger charge is 2.26. The molecule has 8 heteroatoms. The van der Waals surface area contributed by atoms with Gasteiger partial charge in [-0.25, -0.2) is 8.78 Å². The maximum atomic E-state index is 14.6. The van der Waals surface area contributed by atoms with E-state index in [1.54, 1.807) is 19.3 Å². The molecule has 2 N–H and O–H groups in total. The van der Waals surface area contributed by atoms with Gasteiger partial charge in [0.1, 0.15) is 5.82 Å². The fourth-order valence-electron chi connectivity index (χ4n) is 3.55. The molecule has 5 nitrogen and oxygen atoms in total. The van der Waals surface area contributed by atoms with Crippen molar-refractivity contribution in [2.45, 2.75) is 19.4 Å². The first kappa shape index (κ1) is 22.1. The molecule has 0 fully saturated rings. The van der Waals surface area contributed by atoms with Crippen LogP contribution in [0.5, 0.6) is 5.75 Å². The molecule has 0 spiro atoms. The van der Waals surface area contributed by atoms with Gasteiger partial charge in [0, 0.05) is 30.0 Å². The van der Waals surface area contributed by atoms with Gasteiger partial charge in [-0.1, -0.05) is 30.7 Å². The molecule has 3 rings (SSSR count). The van der Waals surface area contributed by atoms with Gasteiger partial charge in [0.05, 0.1) is 24.8 Å². The molecule has 0 saturated carbocycles. The van der Waals surface area contributed by atoms with E-state index in [-0.39, 0.29) is 22.6 Å². The summed E-state index contributed by atoms with van der Waals surface area (Å²) < 4.78 is 39.2. The fourth-order valence-corrected chi connectivity index (χ4v) is 3.83. The second kappa shape index (κ2) is 9.45. The van der Waals surface area contributed by atoms with E-state index in [1.807, 2.05) is 6.92 Å². The Kier molecular flexibility index (Phi) is 6.95. The second-order valence-electron chi connectivity index (χ2n) is 7.11. The van der Waals surface area contributed by atoms with Crippen LogP contribution in [0.3, 0.4) is 0 Å². The summed E-state index contributed by atoms with van der Waals surface area (Å²) >= 11 is 6.32. The van der Waals surface area contributed by atoms with Crippen molar-refractivity contribution < 1.29 is 23.0 Å². The predicted molar refractivity (Wildman–Crippen MR) is 113 cm³/mol. The molecule has 0 saturated heterocycles. The number of nitrogens with one attached hydrogen (secondary N) is 2. The molecular formula is C22H23ClF2N2O3. The van der Waals surface area contributed by atoms with E-state index in [0.29, 0.717) is 30.0 Å². The zero-order valence-electron chi connectivity index (χ0n) is 16.9. The number of ether oxygens (including phenoxy) is 2. The highest BCUT2D eigenvalue weighted by molar-refractivity contribution is 6.31. The van der Waals surface area contributed by atoms with Gasteiger partial charge < -0.3 is 20.1 Å². The number of amides is 1. The SMILES string of the molecule is COCC(C)C(Nc1cc(F)cc2c1CC=CC(=O)N2)c1ccc(OC)c(F)c1Cl. The van der Waals surface area contributed by atoms with Crippen LogP contribution in [-0.4, -0.2) is 26.7 Å². The quantitative estimate of drug-likeness (QED) is 0.633. The summed E-state index contributed by atoms with van der Waals surface area (Å²) in [6, 6.07) is 5.31. The lowest BCUT2D eigenvalue weighted by molar-refractivity contribution is -0.111. The number of carbonyl (C=O) groups is 1. The van der Waals surface area contributed by atoms with Crippen molar-refractivity contribution in [3.05, 3.63) is 64.2 Å². The molecule has 2 aromatic rings. The highest BCUT2D eigenvalue weighted by Crippen LogP contribution is 2.38. The van der Waals surface area contributed by atoms with Crippen LogP contribution in [0.2, 0.25) is 5.02 Å². The van der Waals surface area contributed by atoms with E-state index in [1.165, 1.54) is 31.4 Å². The number of fused-ring (bicyclic) bond motifs is 1. The van der Waals surface area contributed by atoms with Gasteiger partial charge >= 0.3 is 0 Å². The van der Waals surface area contributed by atoms with Crippen LogP contribution in [0.1, 0.15) is 24.1 Å². The van der Waals surface area contributed by atoms with E-state index in [0.717, 1.165) is 5.56 Å². The fraction of sp³-hybridized carbons (Fsp3) is 0.318. The van der Waals surface area contributed by atoms with E-state index in [4.69, 9.17) is 21.1 Å². The van der Waals surface area contributed by atoms with Gasteiger partial charge in [0.25, 0.3) is 0 Å². The third kappa shape index (κ3) is 4.57. The van der Waals surface area contributed by atoms with Crippen molar-refractivity contribution in [1.82, 2.24) is 0 Å². The lowest BCUT2D eigenvalue weighted by Gasteiger charge is -2.29. The van der Waals surface area contributed by atoms with Crippen LogP contribution < -0.4 is 15.4 Å². The molecule has 1 aliphatic heterocycles. The van der Waals surface area contributed by atoms with Gasteiger partial charge in [-0.15, -0.1) is 0 Å². The minimum absolute atomic E-state index is 0.0365. The number of methoxy groups -OCH3 is 2. The molecule has 1 amide bonds. The average Bonchev–Trinajstić information content (AvgIpc) is 2.89. The Hall–Kier alpha value is -2.64. The van der Waals surface area contributed by atoms with Crippen LogP contribution in [0.4, 0.5) is 20.2 Å². The molecule has 160 valence electrons. The van der Waals surface area contributed by atoms with E-state index >= 15 is 0 Å². The smallest absolute Gasteiger partial charge is 0.248 e. The lowest BCUT2D eigenvalue weighted by Crippen LogP contribution is -2.24. The number of rotatable bonds is 7. The summed E-state index contributed by atoms with van der Waals surface area (Å²) in [6.07, 6.45) is 3.53. The molecule has 0 aliphatic carbocycles. The third-order valence-electron chi connectivity index (χ3n) is 5.01. The van der Waals surface area contributed by atoms with Crippen LogP contribution in [0.15, 0.2) is 36.4 Å². The van der Waals surface area contributed by atoms with Crippen molar-refractivity contribution in [1.29, 1.82) is 0 Å². The Balaban J connectivity index is 2.07. The Labute approximate surface area is 179 Å². The molecule has 2 atom stereocenters. The number of allylic oxidation sites excluding steroid dienone is 1. The first-order chi connectivity index (χ1) is 14.3. The monoisotopic (exact) mass is 436 g/mol. The van der Waals surface area contributed by atoms with Crippen molar-refractivity contribution in [2.75, 3.05) is 31.5 Å². The maximum absolute atomic E-state index is 14.6. The molecule has 0 radical (unpaired) electrons. The first-order valence-corrected chi connectivity index (χ1v) is 9.80. The number of anilines is 2. The van der Waals surface area contributed by atoms with E-state index < -0.39 is 17.7 Å². The normalized spacial score (nSPS) is 15.1. The minimum Gasteiger partial charge on any atom is -0.494 e. The summed E-state index contributed by atoms with van der Waals surface area (Å²) in [7, 11) is 2.93. The molecule has 0 aromatic heterocycles. The Morgan fingerprint density at radius 2 is 2.03 bits per heavy atom. The van der Waals surface area contributed by atoms with E-state index in [2.05, 4.69) is 10.6 Å².